The Bertz CT molecular complexity index is 744. The summed E-state index contributed by atoms with van der Waals surface area (Å²) in [5, 5.41) is 2.92. The van der Waals surface area contributed by atoms with Gasteiger partial charge in [-0.2, -0.15) is 0 Å². The molecule has 7 heteroatoms. The number of amides is 2. The quantitative estimate of drug-likeness (QED) is 0.705. The van der Waals surface area contributed by atoms with Crippen LogP contribution < -0.4 is 4.74 Å². The second-order valence-electron chi connectivity index (χ2n) is 9.20. The predicted molar refractivity (Wildman–Crippen MR) is 111 cm³/mol. The first-order valence-electron chi connectivity index (χ1n) is 11.4. The summed E-state index contributed by atoms with van der Waals surface area (Å²) in [5.74, 6) is 1.47. The van der Waals surface area contributed by atoms with E-state index in [4.69, 9.17) is 4.74 Å². The highest BCUT2D eigenvalue weighted by molar-refractivity contribution is 7.09. The minimum atomic E-state index is -0.207. The van der Waals surface area contributed by atoms with E-state index in [-0.39, 0.29) is 6.09 Å². The molecule has 0 aromatic carbocycles. The van der Waals surface area contributed by atoms with E-state index in [0.29, 0.717) is 35.7 Å². The zero-order chi connectivity index (χ0) is 19.8. The van der Waals surface area contributed by atoms with Gasteiger partial charge in [0, 0.05) is 37.0 Å². The van der Waals surface area contributed by atoms with Gasteiger partial charge in [-0.3, -0.25) is 4.79 Å². The Labute approximate surface area is 176 Å². The molecule has 29 heavy (non-hydrogen) atoms. The molecule has 0 unspecified atom stereocenters. The zero-order valence-corrected chi connectivity index (χ0v) is 17.9. The third-order valence-corrected chi connectivity index (χ3v) is 7.88. The van der Waals surface area contributed by atoms with Crippen molar-refractivity contribution in [3.63, 3.8) is 0 Å². The minimum Gasteiger partial charge on any atom is -0.390 e. The van der Waals surface area contributed by atoms with Gasteiger partial charge >= 0.3 is 6.09 Å². The number of carbonyl (C=O) groups is 2. The third-order valence-electron chi connectivity index (χ3n) is 6.89. The molecular weight excluding hydrogens is 386 g/mol. The van der Waals surface area contributed by atoms with Crippen molar-refractivity contribution in [3.05, 3.63) is 10.4 Å². The average molecular weight is 418 g/mol. The van der Waals surface area contributed by atoms with Gasteiger partial charge < -0.3 is 14.5 Å². The van der Waals surface area contributed by atoms with Gasteiger partial charge in [0.2, 0.25) is 11.8 Å². The fraction of sp³-hybridized carbons (Fsp3) is 0.773. The normalized spacial score (nSPS) is 23.8. The molecule has 2 heterocycles. The van der Waals surface area contributed by atoms with Crippen LogP contribution in [0.25, 0.3) is 0 Å². The highest BCUT2D eigenvalue weighted by atomic mass is 32.1. The van der Waals surface area contributed by atoms with E-state index in [0.717, 1.165) is 69.5 Å². The number of hydrogen-bond donors (Lipinski definition) is 0. The molecule has 5 rings (SSSR count). The first kappa shape index (κ1) is 19.3. The van der Waals surface area contributed by atoms with Gasteiger partial charge in [-0.25, -0.2) is 9.78 Å². The van der Waals surface area contributed by atoms with E-state index in [1.54, 1.807) is 11.3 Å². The molecule has 4 fully saturated rings. The van der Waals surface area contributed by atoms with Gasteiger partial charge in [-0.1, -0.05) is 19.3 Å². The first-order chi connectivity index (χ1) is 14.2. The van der Waals surface area contributed by atoms with Crippen LogP contribution in [0.15, 0.2) is 5.38 Å². The number of rotatable bonds is 5. The molecule has 1 aromatic rings. The number of carbonyl (C=O) groups excluding carboxylic acids is 2. The topological polar surface area (TPSA) is 62.7 Å². The van der Waals surface area contributed by atoms with Crippen LogP contribution in [0, 0.1) is 5.92 Å². The molecule has 4 aliphatic rings. The molecule has 0 atom stereocenters. The molecule has 3 aliphatic carbocycles. The standard InChI is InChI=1S/C22H31N3O3S/c26-21(16-6-7-16)24-12-10-15(11-13-24)20-23-19(14-29-20)28-22(27)25(18-8-9-18)17-4-2-1-3-5-17/h14-18H,1-13H2. The summed E-state index contributed by atoms with van der Waals surface area (Å²) in [7, 11) is 0. The Balaban J connectivity index is 1.17. The Hall–Kier alpha value is -1.63. The minimum absolute atomic E-state index is 0.207. The van der Waals surface area contributed by atoms with E-state index in [2.05, 4.69) is 4.98 Å². The van der Waals surface area contributed by atoms with Crippen LogP contribution in [0.1, 0.15) is 81.6 Å². The van der Waals surface area contributed by atoms with Gasteiger partial charge in [0.1, 0.15) is 0 Å². The van der Waals surface area contributed by atoms with Crippen molar-refractivity contribution >= 4 is 23.3 Å². The molecule has 158 valence electrons. The number of thiazole rings is 1. The number of ether oxygens (including phenoxy) is 1. The van der Waals surface area contributed by atoms with Crippen molar-refractivity contribution in [2.75, 3.05) is 13.1 Å². The van der Waals surface area contributed by atoms with E-state index < -0.39 is 0 Å². The van der Waals surface area contributed by atoms with Crippen LogP contribution >= 0.6 is 11.3 Å². The predicted octanol–water partition coefficient (Wildman–Crippen LogP) is 4.56. The maximum atomic E-state index is 12.9. The van der Waals surface area contributed by atoms with E-state index >= 15 is 0 Å². The Morgan fingerprint density at radius 1 is 0.966 bits per heavy atom. The maximum Gasteiger partial charge on any atom is 0.417 e. The average Bonchev–Trinajstić information content (AvgIpc) is 3.68. The van der Waals surface area contributed by atoms with E-state index in [1.807, 2.05) is 15.2 Å². The summed E-state index contributed by atoms with van der Waals surface area (Å²) in [4.78, 5) is 33.8. The summed E-state index contributed by atoms with van der Waals surface area (Å²) in [6.07, 6.45) is 12.0. The fourth-order valence-electron chi connectivity index (χ4n) is 4.89. The molecule has 1 aromatic heterocycles. The molecule has 2 amide bonds. The Kier molecular flexibility index (Phi) is 5.50. The first-order valence-corrected chi connectivity index (χ1v) is 12.3. The number of aromatic nitrogens is 1. The Morgan fingerprint density at radius 2 is 1.66 bits per heavy atom. The lowest BCUT2D eigenvalue weighted by atomic mass is 9.94. The van der Waals surface area contributed by atoms with Crippen molar-refractivity contribution < 1.29 is 14.3 Å². The number of nitrogens with zero attached hydrogens (tertiary/aromatic N) is 3. The number of piperidine rings is 1. The number of hydrogen-bond acceptors (Lipinski definition) is 5. The summed E-state index contributed by atoms with van der Waals surface area (Å²) >= 11 is 1.59. The molecule has 1 aliphatic heterocycles. The molecule has 0 spiro atoms. The van der Waals surface area contributed by atoms with Crippen molar-refractivity contribution in [3.8, 4) is 5.88 Å². The van der Waals surface area contributed by atoms with Gasteiger partial charge in [0.05, 0.1) is 10.4 Å². The highest BCUT2D eigenvalue weighted by Gasteiger charge is 2.39. The third kappa shape index (κ3) is 4.44. The lowest BCUT2D eigenvalue weighted by Crippen LogP contribution is -2.44. The largest absolute Gasteiger partial charge is 0.417 e. The van der Waals surface area contributed by atoms with E-state index in [1.165, 1.54) is 19.3 Å². The summed E-state index contributed by atoms with van der Waals surface area (Å²) in [6, 6.07) is 0.715. The summed E-state index contributed by atoms with van der Waals surface area (Å²) in [5.41, 5.74) is 0. The molecule has 3 saturated carbocycles. The van der Waals surface area contributed by atoms with E-state index in [9.17, 15) is 9.59 Å². The second-order valence-corrected chi connectivity index (χ2v) is 10.1. The molecule has 0 radical (unpaired) electrons. The molecule has 1 saturated heterocycles. The lowest BCUT2D eigenvalue weighted by molar-refractivity contribution is -0.133. The van der Waals surface area contributed by atoms with Crippen LogP contribution in [0.5, 0.6) is 5.88 Å². The molecule has 0 N–H and O–H groups in total. The summed E-state index contributed by atoms with van der Waals surface area (Å²) < 4.78 is 5.72. The Morgan fingerprint density at radius 3 is 2.31 bits per heavy atom. The van der Waals surface area contributed by atoms with Crippen molar-refractivity contribution in [1.82, 2.24) is 14.8 Å². The second kappa shape index (κ2) is 8.25. The monoisotopic (exact) mass is 417 g/mol. The SMILES string of the molecule is O=C(C1CC1)N1CCC(c2nc(OC(=O)N(C3CCCCC3)C3CC3)cs2)CC1. The highest BCUT2D eigenvalue weighted by Crippen LogP contribution is 2.37. The van der Waals surface area contributed by atoms with Gasteiger partial charge in [0.15, 0.2) is 0 Å². The fourth-order valence-corrected chi connectivity index (χ4v) is 5.79. The van der Waals surface area contributed by atoms with Gasteiger partial charge in [-0.15, -0.1) is 11.3 Å². The van der Waals surface area contributed by atoms with Crippen LogP contribution in [0.3, 0.4) is 0 Å². The number of likely N-dealkylation sites (tertiary alicyclic amines) is 1. The van der Waals surface area contributed by atoms with Gasteiger partial charge in [0.25, 0.3) is 0 Å². The zero-order valence-electron chi connectivity index (χ0n) is 17.1. The van der Waals surface area contributed by atoms with Crippen molar-refractivity contribution in [2.24, 2.45) is 5.92 Å². The molecular formula is C22H31N3O3S. The van der Waals surface area contributed by atoms with Crippen LogP contribution in [0.2, 0.25) is 0 Å². The lowest BCUT2D eigenvalue weighted by Gasteiger charge is -2.33. The molecule has 0 bridgehead atoms. The van der Waals surface area contributed by atoms with Crippen LogP contribution in [-0.4, -0.2) is 52.0 Å². The smallest absolute Gasteiger partial charge is 0.390 e. The maximum absolute atomic E-state index is 12.9. The van der Waals surface area contributed by atoms with Crippen LogP contribution in [-0.2, 0) is 4.79 Å². The van der Waals surface area contributed by atoms with Crippen molar-refractivity contribution in [1.29, 1.82) is 0 Å². The molecule has 6 nitrogen and oxygen atoms in total. The van der Waals surface area contributed by atoms with Gasteiger partial charge in [-0.05, 0) is 51.4 Å². The van der Waals surface area contributed by atoms with Crippen LogP contribution in [0.4, 0.5) is 4.79 Å². The van der Waals surface area contributed by atoms with Crippen molar-refractivity contribution in [2.45, 2.75) is 88.6 Å². The summed E-state index contributed by atoms with van der Waals surface area (Å²) in [6.45, 7) is 1.65.